The van der Waals surface area contributed by atoms with Crippen molar-refractivity contribution in [2.75, 3.05) is 6.61 Å². The summed E-state index contributed by atoms with van der Waals surface area (Å²) < 4.78 is 17.6. The topological polar surface area (TPSA) is 73.5 Å². The Bertz CT molecular complexity index is 221. The van der Waals surface area contributed by atoms with E-state index >= 15 is 0 Å². The fourth-order valence-electron chi connectivity index (χ4n) is 1.09. The van der Waals surface area contributed by atoms with Crippen LogP contribution in [0.25, 0.3) is 0 Å². The number of halogens is 1. The van der Waals surface area contributed by atoms with E-state index in [2.05, 4.69) is 4.74 Å². The number of alkyl halides is 1. The van der Waals surface area contributed by atoms with Crippen molar-refractivity contribution in [1.82, 2.24) is 0 Å². The molecule has 1 fully saturated rings. The summed E-state index contributed by atoms with van der Waals surface area (Å²) in [5.41, 5.74) is 0. The molecule has 0 aromatic heterocycles. The van der Waals surface area contributed by atoms with Gasteiger partial charge < -0.3 is 14.9 Å². The number of aliphatic hydroxyl groups excluding tert-OH is 2. The van der Waals surface area contributed by atoms with Crippen molar-refractivity contribution < 1.29 is 19.3 Å². The predicted molar refractivity (Wildman–Crippen MR) is 36.7 cm³/mol. The van der Waals surface area contributed by atoms with Gasteiger partial charge in [-0.1, -0.05) is 0 Å². The quantitative estimate of drug-likeness (QED) is 0.479. The third-order valence-corrected chi connectivity index (χ3v) is 1.83. The molecule has 4 atom stereocenters. The Kier molecular flexibility index (Phi) is 2.37. The van der Waals surface area contributed by atoms with Crippen LogP contribution in [-0.2, 0) is 4.74 Å². The zero-order valence-electron chi connectivity index (χ0n) is 6.14. The van der Waals surface area contributed by atoms with Gasteiger partial charge in [0.05, 0.1) is 12.0 Å². The van der Waals surface area contributed by atoms with E-state index in [1.54, 1.807) is 6.07 Å². The lowest BCUT2D eigenvalue weighted by atomic mass is 9.85. The number of aliphatic hydroxyl groups is 2. The highest BCUT2D eigenvalue weighted by molar-refractivity contribution is 6.11. The number of hydrogen-bond acceptors (Lipinski definition) is 4. The van der Waals surface area contributed by atoms with Crippen LogP contribution in [0.1, 0.15) is 0 Å². The maximum absolute atomic E-state index is 13.2. The van der Waals surface area contributed by atoms with Crippen molar-refractivity contribution in [3.05, 3.63) is 0 Å². The second kappa shape index (κ2) is 3.01. The minimum Gasteiger partial charge on any atom is -0.390 e. The maximum Gasteiger partial charge on any atom is 0.259 e. The minimum atomic E-state index is -2.60. The van der Waals surface area contributed by atoms with E-state index in [9.17, 15) is 4.39 Å². The first-order valence-electron chi connectivity index (χ1n) is 3.36. The zero-order chi connectivity index (χ0) is 9.35. The highest BCUT2D eigenvalue weighted by Crippen LogP contribution is 2.34. The van der Waals surface area contributed by atoms with Gasteiger partial charge in [0.1, 0.15) is 20.6 Å². The summed E-state index contributed by atoms with van der Waals surface area (Å²) in [5, 5.41) is 26.0. The van der Waals surface area contributed by atoms with Crippen molar-refractivity contribution in [3.8, 4) is 6.07 Å². The first kappa shape index (κ1) is 9.45. The van der Waals surface area contributed by atoms with Gasteiger partial charge in [-0.25, -0.2) is 4.39 Å². The van der Waals surface area contributed by atoms with Crippen LogP contribution in [0.15, 0.2) is 0 Å². The Balaban J connectivity index is 2.83. The lowest BCUT2D eigenvalue weighted by Gasteiger charge is -2.19. The fraction of sp³-hybridized carbons (Fsp3) is 0.833. The molecular weight excluding hydrogens is 164 g/mol. The van der Waals surface area contributed by atoms with Crippen molar-refractivity contribution in [3.63, 3.8) is 0 Å². The van der Waals surface area contributed by atoms with Gasteiger partial charge in [-0.2, -0.15) is 5.26 Å². The van der Waals surface area contributed by atoms with Gasteiger partial charge in [-0.15, -0.1) is 0 Å². The molecule has 0 aliphatic carbocycles. The SMILES string of the molecule is [B][C@@H]1O[C@](F)(CO)[C@@H](O)[C@H]1C#N. The summed E-state index contributed by atoms with van der Waals surface area (Å²) in [5.74, 6) is -3.73. The average molecular weight is 171 g/mol. The monoisotopic (exact) mass is 171 g/mol. The molecule has 1 aliphatic rings. The molecule has 2 N–H and O–H groups in total. The van der Waals surface area contributed by atoms with Gasteiger partial charge in [0, 0.05) is 6.00 Å². The number of nitrogens with zero attached hydrogens (tertiary/aromatic N) is 1. The fourth-order valence-corrected chi connectivity index (χ4v) is 1.09. The molecule has 0 aromatic rings. The average Bonchev–Trinajstić information content (AvgIpc) is 2.25. The number of ether oxygens (including phenoxy) is 1. The molecule has 1 aliphatic heterocycles. The lowest BCUT2D eigenvalue weighted by molar-refractivity contribution is -0.185. The van der Waals surface area contributed by atoms with Gasteiger partial charge in [-0.3, -0.25) is 0 Å². The normalized spacial score (nSPS) is 47.3. The van der Waals surface area contributed by atoms with Gasteiger partial charge in [0.25, 0.3) is 5.85 Å². The first-order chi connectivity index (χ1) is 5.55. The zero-order valence-corrected chi connectivity index (χ0v) is 6.14. The molecular formula is C6H7BFNO3. The number of rotatable bonds is 1. The van der Waals surface area contributed by atoms with E-state index in [0.717, 1.165) is 0 Å². The second-order valence-corrected chi connectivity index (χ2v) is 2.63. The van der Waals surface area contributed by atoms with Crippen LogP contribution in [0.3, 0.4) is 0 Å². The molecule has 6 heteroatoms. The smallest absolute Gasteiger partial charge is 0.259 e. The highest BCUT2D eigenvalue weighted by atomic mass is 19.2. The summed E-state index contributed by atoms with van der Waals surface area (Å²) in [6, 6.07) is 0.409. The van der Waals surface area contributed by atoms with Gasteiger partial charge in [-0.05, 0) is 0 Å². The van der Waals surface area contributed by atoms with Crippen molar-refractivity contribution in [2.45, 2.75) is 18.0 Å². The Labute approximate surface area is 70.0 Å². The lowest BCUT2D eigenvalue weighted by Crippen LogP contribution is -2.40. The maximum atomic E-state index is 13.2. The molecule has 0 spiro atoms. The van der Waals surface area contributed by atoms with Crippen LogP contribution in [0.5, 0.6) is 0 Å². The van der Waals surface area contributed by atoms with Crippen LogP contribution in [-0.4, -0.2) is 42.6 Å². The van der Waals surface area contributed by atoms with E-state index in [1.807, 2.05) is 0 Å². The molecule has 0 bridgehead atoms. The second-order valence-electron chi connectivity index (χ2n) is 2.63. The molecule has 0 amide bonds. The van der Waals surface area contributed by atoms with E-state index in [0.29, 0.717) is 0 Å². The standard InChI is InChI=1S/C6H7BFNO3/c7-5-3(1-9)4(11)6(8,2-10)12-5/h3-5,10-11H,2H2/t3-,4+,5-,6-/m1/s1. The summed E-state index contributed by atoms with van der Waals surface area (Å²) in [6.45, 7) is -1.01. The third-order valence-electron chi connectivity index (χ3n) is 1.83. The Hall–Kier alpha value is -0.635. The summed E-state index contributed by atoms with van der Waals surface area (Å²) in [7, 11) is 5.18. The third kappa shape index (κ3) is 1.20. The van der Waals surface area contributed by atoms with Crippen LogP contribution in [0.2, 0.25) is 0 Å². The van der Waals surface area contributed by atoms with Gasteiger partial charge in [0.2, 0.25) is 0 Å². The first-order valence-corrected chi connectivity index (χ1v) is 3.36. The molecule has 1 rings (SSSR count). The van der Waals surface area contributed by atoms with E-state index in [1.165, 1.54) is 0 Å². The number of nitriles is 1. The van der Waals surface area contributed by atoms with E-state index < -0.39 is 30.5 Å². The van der Waals surface area contributed by atoms with E-state index in [4.69, 9.17) is 23.3 Å². The molecule has 0 unspecified atom stereocenters. The Morgan fingerprint density at radius 1 is 1.75 bits per heavy atom. The molecule has 2 radical (unpaired) electrons. The summed E-state index contributed by atoms with van der Waals surface area (Å²) in [4.78, 5) is 0. The van der Waals surface area contributed by atoms with Crippen LogP contribution < -0.4 is 0 Å². The highest BCUT2D eigenvalue weighted by Gasteiger charge is 2.53. The molecule has 1 saturated heterocycles. The van der Waals surface area contributed by atoms with Gasteiger partial charge >= 0.3 is 0 Å². The Morgan fingerprint density at radius 3 is 2.58 bits per heavy atom. The molecule has 12 heavy (non-hydrogen) atoms. The molecule has 1 heterocycles. The molecule has 4 nitrogen and oxygen atoms in total. The summed E-state index contributed by atoms with van der Waals surface area (Å²) in [6.07, 6.45) is -1.69. The predicted octanol–water partition coefficient (Wildman–Crippen LogP) is -1.33. The number of hydrogen-bond donors (Lipinski definition) is 2. The molecule has 0 saturated carbocycles. The Morgan fingerprint density at radius 2 is 2.33 bits per heavy atom. The molecule has 64 valence electrons. The minimum absolute atomic E-state index is 1.01. The molecule has 0 aromatic carbocycles. The largest absolute Gasteiger partial charge is 0.390 e. The van der Waals surface area contributed by atoms with Crippen LogP contribution >= 0.6 is 0 Å². The van der Waals surface area contributed by atoms with Crippen molar-refractivity contribution >= 4 is 7.85 Å². The van der Waals surface area contributed by atoms with Crippen LogP contribution in [0, 0.1) is 17.2 Å². The van der Waals surface area contributed by atoms with Gasteiger partial charge in [0.15, 0.2) is 0 Å². The van der Waals surface area contributed by atoms with E-state index in [-0.39, 0.29) is 0 Å². The van der Waals surface area contributed by atoms with Crippen LogP contribution in [0.4, 0.5) is 4.39 Å². The van der Waals surface area contributed by atoms with Crippen molar-refractivity contribution in [2.24, 2.45) is 5.92 Å². The van der Waals surface area contributed by atoms with Crippen molar-refractivity contribution in [1.29, 1.82) is 5.26 Å². The summed E-state index contributed by atoms with van der Waals surface area (Å²) >= 11 is 0.